The quantitative estimate of drug-likeness (QED) is 0.212. The van der Waals surface area contributed by atoms with Crippen molar-refractivity contribution in [1.29, 1.82) is 0 Å². The second kappa shape index (κ2) is 11.3. The van der Waals surface area contributed by atoms with Gasteiger partial charge in [-0.1, -0.05) is 61.2 Å². The SMILES string of the molecule is CC(C)(C)[S+]([O-])NC(Cc1nc(CCO)cc([Si](C)(C)C)c1F)c1ccccc1-c1noc2ccccc12. The largest absolute Gasteiger partial charge is 0.598 e. The molecule has 9 heteroatoms. The van der Waals surface area contributed by atoms with Crippen LogP contribution in [0.15, 0.2) is 59.1 Å². The fourth-order valence-electron chi connectivity index (χ4n) is 4.37. The van der Waals surface area contributed by atoms with Crippen LogP contribution in [0.2, 0.25) is 19.6 Å². The van der Waals surface area contributed by atoms with Crippen molar-refractivity contribution in [3.63, 3.8) is 0 Å². The monoisotopic (exact) mass is 553 g/mol. The van der Waals surface area contributed by atoms with Crippen LogP contribution in [-0.2, 0) is 24.2 Å². The summed E-state index contributed by atoms with van der Waals surface area (Å²) in [7, 11) is -2.05. The number of para-hydroxylation sites is 1. The van der Waals surface area contributed by atoms with E-state index < -0.39 is 30.2 Å². The van der Waals surface area contributed by atoms with Crippen molar-refractivity contribution in [2.75, 3.05) is 6.61 Å². The van der Waals surface area contributed by atoms with Crippen LogP contribution in [0.5, 0.6) is 0 Å². The fraction of sp³-hybridized carbons (Fsp3) is 0.379. The lowest BCUT2D eigenvalue weighted by atomic mass is 9.94. The molecule has 202 valence electrons. The van der Waals surface area contributed by atoms with Gasteiger partial charge in [-0.25, -0.2) is 4.39 Å². The lowest BCUT2D eigenvalue weighted by Gasteiger charge is -2.29. The lowest BCUT2D eigenvalue weighted by molar-refractivity contribution is 0.298. The summed E-state index contributed by atoms with van der Waals surface area (Å²) in [6.07, 6.45) is 0.523. The van der Waals surface area contributed by atoms with Gasteiger partial charge in [-0.05, 0) is 49.7 Å². The minimum atomic E-state index is -2.05. The summed E-state index contributed by atoms with van der Waals surface area (Å²) in [5, 5.41) is 15.5. The number of hydrogen-bond acceptors (Lipinski definition) is 6. The van der Waals surface area contributed by atoms with Gasteiger partial charge >= 0.3 is 0 Å². The zero-order chi connectivity index (χ0) is 27.7. The number of rotatable bonds is 9. The first-order chi connectivity index (χ1) is 17.9. The summed E-state index contributed by atoms with van der Waals surface area (Å²) in [5.74, 6) is -0.316. The van der Waals surface area contributed by atoms with Crippen molar-refractivity contribution >= 4 is 35.6 Å². The molecule has 0 radical (unpaired) electrons. The van der Waals surface area contributed by atoms with E-state index in [2.05, 4.69) is 34.5 Å². The predicted octanol–water partition coefficient (Wildman–Crippen LogP) is 5.44. The number of fused-ring (bicyclic) bond motifs is 1. The predicted molar refractivity (Wildman–Crippen MR) is 155 cm³/mol. The molecule has 0 saturated heterocycles. The maximum Gasteiger partial charge on any atom is 0.167 e. The number of pyridine rings is 1. The molecule has 0 saturated carbocycles. The van der Waals surface area contributed by atoms with Crippen LogP contribution < -0.4 is 9.91 Å². The van der Waals surface area contributed by atoms with E-state index in [4.69, 9.17) is 4.52 Å². The number of halogens is 1. The van der Waals surface area contributed by atoms with E-state index >= 15 is 4.39 Å². The molecule has 0 aliphatic rings. The molecule has 0 fully saturated rings. The van der Waals surface area contributed by atoms with Crippen molar-refractivity contribution in [3.05, 3.63) is 77.4 Å². The molecule has 0 aliphatic heterocycles. The Morgan fingerprint density at radius 2 is 1.79 bits per heavy atom. The van der Waals surface area contributed by atoms with Crippen LogP contribution in [-0.4, -0.2) is 39.2 Å². The van der Waals surface area contributed by atoms with Crippen molar-refractivity contribution in [1.82, 2.24) is 14.9 Å². The smallest absolute Gasteiger partial charge is 0.167 e. The topological polar surface area (TPSA) is 94.2 Å². The van der Waals surface area contributed by atoms with Gasteiger partial charge in [0.15, 0.2) is 5.58 Å². The maximum absolute atomic E-state index is 16.0. The van der Waals surface area contributed by atoms with Crippen LogP contribution >= 0.6 is 0 Å². The second-order valence-corrected chi connectivity index (χ2v) is 18.6. The average Bonchev–Trinajstić information content (AvgIpc) is 3.28. The number of aromatic nitrogens is 2. The summed E-state index contributed by atoms with van der Waals surface area (Å²) in [5.41, 5.74) is 3.95. The number of nitrogens with zero attached hydrogens (tertiary/aromatic N) is 2. The van der Waals surface area contributed by atoms with E-state index in [0.29, 0.717) is 34.3 Å². The van der Waals surface area contributed by atoms with Gasteiger partial charge in [0.05, 0.1) is 19.8 Å². The molecule has 2 heterocycles. The fourth-order valence-corrected chi connectivity index (χ4v) is 6.60. The zero-order valence-corrected chi connectivity index (χ0v) is 24.7. The van der Waals surface area contributed by atoms with Crippen molar-refractivity contribution in [3.8, 4) is 11.3 Å². The first-order valence-corrected chi connectivity index (χ1v) is 17.5. The molecule has 2 aromatic carbocycles. The molecule has 0 aliphatic carbocycles. The Morgan fingerprint density at radius 1 is 1.11 bits per heavy atom. The standard InChI is InChI=1S/C29H36FN3O3SSi/c1-29(2,3)37(35)33-23(18-24-27(30)26(38(4,5)6)17-19(31-24)15-16-34)20-11-7-8-12-21(20)28-22-13-9-10-14-25(22)36-32-28/h7-14,17,23,33-34H,15-16,18H2,1-6H3. The molecule has 4 rings (SSSR count). The van der Waals surface area contributed by atoms with E-state index in [1.807, 2.05) is 69.3 Å². The summed E-state index contributed by atoms with van der Waals surface area (Å²) >= 11 is -1.44. The van der Waals surface area contributed by atoms with Gasteiger partial charge in [0.1, 0.15) is 16.3 Å². The first kappa shape index (κ1) is 28.4. The lowest BCUT2D eigenvalue weighted by Crippen LogP contribution is -2.43. The molecule has 4 aromatic rings. The van der Waals surface area contributed by atoms with Crippen LogP contribution in [0.3, 0.4) is 0 Å². The molecule has 0 bridgehead atoms. The molecule has 38 heavy (non-hydrogen) atoms. The number of aliphatic hydroxyl groups is 1. The van der Waals surface area contributed by atoms with Crippen molar-refractivity contribution in [2.45, 2.75) is 64.0 Å². The van der Waals surface area contributed by atoms with Crippen LogP contribution in [0.1, 0.15) is 43.8 Å². The maximum atomic E-state index is 16.0. The number of nitrogens with one attached hydrogen (secondary N) is 1. The Morgan fingerprint density at radius 3 is 2.47 bits per heavy atom. The minimum absolute atomic E-state index is 0.0685. The Kier molecular flexibility index (Phi) is 8.44. The van der Waals surface area contributed by atoms with Crippen LogP contribution in [0.4, 0.5) is 4.39 Å². The van der Waals surface area contributed by atoms with Gasteiger partial charge in [-0.15, -0.1) is 4.72 Å². The molecule has 2 N–H and O–H groups in total. The number of aliphatic hydroxyl groups excluding tert-OH is 1. The summed E-state index contributed by atoms with van der Waals surface area (Å²) in [6, 6.07) is 16.6. The summed E-state index contributed by atoms with van der Waals surface area (Å²) < 4.78 is 37.7. The minimum Gasteiger partial charge on any atom is -0.598 e. The summed E-state index contributed by atoms with van der Waals surface area (Å²) in [4.78, 5) is 4.63. The average molecular weight is 554 g/mol. The van der Waals surface area contributed by atoms with Crippen molar-refractivity contribution < 1.29 is 18.6 Å². The Balaban J connectivity index is 1.86. The zero-order valence-electron chi connectivity index (χ0n) is 22.8. The molecule has 0 spiro atoms. The van der Waals surface area contributed by atoms with Gasteiger partial charge in [0, 0.05) is 47.5 Å². The first-order valence-electron chi connectivity index (χ1n) is 12.8. The van der Waals surface area contributed by atoms with Gasteiger partial charge < -0.3 is 14.2 Å². The Hall–Kier alpha value is -2.56. The van der Waals surface area contributed by atoms with E-state index in [1.165, 1.54) is 0 Å². The van der Waals surface area contributed by atoms with Crippen molar-refractivity contribution in [2.24, 2.45) is 0 Å². The summed E-state index contributed by atoms with van der Waals surface area (Å²) in [6.45, 7) is 11.9. The van der Waals surface area contributed by atoms with Crippen LogP contribution in [0.25, 0.3) is 22.2 Å². The van der Waals surface area contributed by atoms with E-state index in [9.17, 15) is 9.66 Å². The molecular weight excluding hydrogens is 517 g/mol. The Labute approximate surface area is 228 Å². The van der Waals surface area contributed by atoms with Gasteiger partial charge in [0.2, 0.25) is 0 Å². The highest BCUT2D eigenvalue weighted by molar-refractivity contribution is 7.90. The van der Waals surface area contributed by atoms with E-state index in [0.717, 1.165) is 16.5 Å². The molecule has 2 unspecified atom stereocenters. The highest BCUT2D eigenvalue weighted by Gasteiger charge is 2.33. The number of hydrogen-bond donors (Lipinski definition) is 2. The second-order valence-electron chi connectivity index (χ2n) is 11.5. The normalized spacial score (nSPS) is 14.1. The third kappa shape index (κ3) is 6.18. The van der Waals surface area contributed by atoms with Crippen LogP contribution in [0, 0.1) is 5.82 Å². The van der Waals surface area contributed by atoms with E-state index in [-0.39, 0.29) is 18.8 Å². The number of benzene rings is 2. The highest BCUT2D eigenvalue weighted by Crippen LogP contribution is 2.35. The van der Waals surface area contributed by atoms with E-state index in [1.54, 1.807) is 6.07 Å². The van der Waals surface area contributed by atoms with Gasteiger partial charge in [-0.2, -0.15) is 0 Å². The molecule has 6 nitrogen and oxygen atoms in total. The molecular formula is C29H36FN3O3SSi. The molecule has 2 aromatic heterocycles. The van der Waals surface area contributed by atoms with Gasteiger partial charge in [-0.3, -0.25) is 4.98 Å². The Bertz CT molecular complexity index is 1410. The van der Waals surface area contributed by atoms with Gasteiger partial charge in [0.25, 0.3) is 0 Å². The molecule has 2 atom stereocenters. The third-order valence-electron chi connectivity index (χ3n) is 6.43. The third-order valence-corrected chi connectivity index (χ3v) is 10.0. The highest BCUT2D eigenvalue weighted by atomic mass is 32.2. The molecule has 0 amide bonds.